The number of hydrogen-bond donors (Lipinski definition) is 1. The number of nitrogens with one attached hydrogen (secondary N) is 1. The molecule has 1 aliphatic heterocycles. The predicted molar refractivity (Wildman–Crippen MR) is 111 cm³/mol. The van der Waals surface area contributed by atoms with Gasteiger partial charge in [-0.1, -0.05) is 24.6 Å². The third-order valence-corrected chi connectivity index (χ3v) is 6.99. The van der Waals surface area contributed by atoms with Crippen molar-refractivity contribution in [1.82, 2.24) is 4.31 Å². The van der Waals surface area contributed by atoms with Crippen molar-refractivity contribution >= 4 is 21.6 Å². The van der Waals surface area contributed by atoms with Gasteiger partial charge < -0.3 is 14.8 Å². The molecule has 156 valence electrons. The molecule has 0 aromatic heterocycles. The summed E-state index contributed by atoms with van der Waals surface area (Å²) in [7, 11) is -0.581. The average Bonchev–Trinajstić information content (AvgIpc) is 2.74. The van der Waals surface area contributed by atoms with Gasteiger partial charge in [0, 0.05) is 25.1 Å². The zero-order valence-corrected chi connectivity index (χ0v) is 17.4. The molecule has 29 heavy (non-hydrogen) atoms. The van der Waals surface area contributed by atoms with E-state index < -0.39 is 10.0 Å². The third kappa shape index (κ3) is 4.89. The molecule has 3 rings (SSSR count). The van der Waals surface area contributed by atoms with Crippen LogP contribution in [0.15, 0.2) is 53.4 Å². The summed E-state index contributed by atoms with van der Waals surface area (Å²) in [6, 6.07) is 13.1. The first-order valence-corrected chi connectivity index (χ1v) is 11.0. The van der Waals surface area contributed by atoms with Gasteiger partial charge >= 0.3 is 0 Å². The fourth-order valence-electron chi connectivity index (χ4n) is 3.55. The van der Waals surface area contributed by atoms with Crippen LogP contribution in [0.2, 0.25) is 0 Å². The van der Waals surface area contributed by atoms with Crippen LogP contribution >= 0.6 is 0 Å². The summed E-state index contributed by atoms with van der Waals surface area (Å²) in [6.07, 6.45) is 2.40. The lowest BCUT2D eigenvalue weighted by Gasteiger charge is -2.34. The molecule has 1 unspecified atom stereocenters. The SMILES string of the molecule is COc1ccc(OC)c(NC(=O)CC2CCCCN2S(=O)(=O)c2ccccc2)c1. The molecule has 2 aromatic carbocycles. The van der Waals surface area contributed by atoms with Crippen molar-refractivity contribution in [3.05, 3.63) is 48.5 Å². The van der Waals surface area contributed by atoms with Gasteiger partial charge in [0.15, 0.2) is 0 Å². The van der Waals surface area contributed by atoms with E-state index in [0.29, 0.717) is 30.2 Å². The van der Waals surface area contributed by atoms with Crippen LogP contribution in [0.1, 0.15) is 25.7 Å². The van der Waals surface area contributed by atoms with Gasteiger partial charge in [-0.25, -0.2) is 8.42 Å². The van der Waals surface area contributed by atoms with Crippen molar-refractivity contribution in [3.8, 4) is 11.5 Å². The van der Waals surface area contributed by atoms with E-state index in [9.17, 15) is 13.2 Å². The van der Waals surface area contributed by atoms with Crippen LogP contribution in [0.4, 0.5) is 5.69 Å². The molecular formula is C21H26N2O5S. The smallest absolute Gasteiger partial charge is 0.243 e. The zero-order valence-electron chi connectivity index (χ0n) is 16.6. The fraction of sp³-hybridized carbons (Fsp3) is 0.381. The van der Waals surface area contributed by atoms with Gasteiger partial charge in [-0.15, -0.1) is 0 Å². The standard InChI is InChI=1S/C21H26N2O5S/c1-27-17-11-12-20(28-2)19(15-17)22-21(24)14-16-8-6-7-13-23(16)29(25,26)18-9-4-3-5-10-18/h3-5,9-12,15-16H,6-8,13-14H2,1-2H3,(H,22,24). The largest absolute Gasteiger partial charge is 0.497 e. The highest BCUT2D eigenvalue weighted by atomic mass is 32.2. The first-order chi connectivity index (χ1) is 14.0. The van der Waals surface area contributed by atoms with Crippen LogP contribution in [0.3, 0.4) is 0 Å². The van der Waals surface area contributed by atoms with Gasteiger partial charge in [0.25, 0.3) is 0 Å². The summed E-state index contributed by atoms with van der Waals surface area (Å²) in [4.78, 5) is 13.0. The minimum absolute atomic E-state index is 0.0758. The Kier molecular flexibility index (Phi) is 6.76. The lowest BCUT2D eigenvalue weighted by molar-refractivity contribution is -0.117. The van der Waals surface area contributed by atoms with Crippen LogP contribution in [0.25, 0.3) is 0 Å². The molecule has 0 radical (unpaired) electrons. The Bertz CT molecular complexity index is 947. The Morgan fingerprint density at radius 1 is 1.10 bits per heavy atom. The van der Waals surface area contributed by atoms with Gasteiger partial charge in [0.2, 0.25) is 15.9 Å². The number of rotatable bonds is 7. The molecule has 8 heteroatoms. The number of carbonyl (C=O) groups excluding carboxylic acids is 1. The van der Waals surface area contributed by atoms with Gasteiger partial charge in [-0.3, -0.25) is 4.79 Å². The second-order valence-electron chi connectivity index (χ2n) is 6.90. The molecule has 1 amide bonds. The number of amides is 1. The molecule has 1 N–H and O–H groups in total. The van der Waals surface area contributed by atoms with Crippen molar-refractivity contribution in [1.29, 1.82) is 0 Å². The van der Waals surface area contributed by atoms with E-state index in [1.807, 2.05) is 0 Å². The van der Waals surface area contributed by atoms with Gasteiger partial charge in [0.1, 0.15) is 11.5 Å². The van der Waals surface area contributed by atoms with Crippen LogP contribution in [0, 0.1) is 0 Å². The Morgan fingerprint density at radius 2 is 1.86 bits per heavy atom. The summed E-state index contributed by atoms with van der Waals surface area (Å²) in [5.74, 6) is 0.834. The van der Waals surface area contributed by atoms with E-state index in [-0.39, 0.29) is 23.3 Å². The van der Waals surface area contributed by atoms with E-state index in [1.165, 1.54) is 11.4 Å². The van der Waals surface area contributed by atoms with Crippen molar-refractivity contribution in [3.63, 3.8) is 0 Å². The van der Waals surface area contributed by atoms with Gasteiger partial charge in [-0.05, 0) is 37.1 Å². The molecule has 0 bridgehead atoms. The van der Waals surface area contributed by atoms with E-state index in [0.717, 1.165) is 12.8 Å². The maximum atomic E-state index is 13.1. The molecule has 7 nitrogen and oxygen atoms in total. The predicted octanol–water partition coefficient (Wildman–Crippen LogP) is 3.28. The van der Waals surface area contributed by atoms with Crippen molar-refractivity contribution in [2.75, 3.05) is 26.1 Å². The molecule has 0 aliphatic carbocycles. The number of sulfonamides is 1. The molecule has 1 heterocycles. The molecule has 1 fully saturated rings. The highest BCUT2D eigenvalue weighted by Gasteiger charge is 2.34. The Hall–Kier alpha value is -2.58. The topological polar surface area (TPSA) is 84.9 Å². The van der Waals surface area contributed by atoms with Crippen LogP contribution < -0.4 is 14.8 Å². The molecule has 1 atom stereocenters. The lowest BCUT2D eigenvalue weighted by Crippen LogP contribution is -2.45. The summed E-state index contributed by atoms with van der Waals surface area (Å²) in [5, 5.41) is 2.83. The number of benzene rings is 2. The van der Waals surface area contributed by atoms with Crippen molar-refractivity contribution in [2.45, 2.75) is 36.6 Å². The number of anilines is 1. The molecule has 1 saturated heterocycles. The monoisotopic (exact) mass is 418 g/mol. The Morgan fingerprint density at radius 3 is 2.55 bits per heavy atom. The van der Waals surface area contributed by atoms with Gasteiger partial charge in [-0.2, -0.15) is 4.31 Å². The lowest BCUT2D eigenvalue weighted by atomic mass is 10.0. The normalized spacial score (nSPS) is 17.5. The highest BCUT2D eigenvalue weighted by Crippen LogP contribution is 2.31. The van der Waals surface area contributed by atoms with Crippen molar-refractivity contribution in [2.24, 2.45) is 0 Å². The maximum absolute atomic E-state index is 13.1. The number of ether oxygens (including phenoxy) is 2. The van der Waals surface area contributed by atoms with Crippen molar-refractivity contribution < 1.29 is 22.7 Å². The van der Waals surface area contributed by atoms with E-state index >= 15 is 0 Å². The first-order valence-electron chi connectivity index (χ1n) is 9.54. The van der Waals surface area contributed by atoms with Gasteiger partial charge in [0.05, 0.1) is 24.8 Å². The molecule has 1 aliphatic rings. The Balaban J connectivity index is 1.76. The fourth-order valence-corrected chi connectivity index (χ4v) is 5.26. The molecule has 0 spiro atoms. The quantitative estimate of drug-likeness (QED) is 0.746. The Labute approximate surface area is 171 Å². The molecular weight excluding hydrogens is 392 g/mol. The molecule has 0 saturated carbocycles. The van der Waals surface area contributed by atoms with Crippen LogP contribution in [-0.2, 0) is 14.8 Å². The minimum atomic E-state index is -3.64. The maximum Gasteiger partial charge on any atom is 0.243 e. The minimum Gasteiger partial charge on any atom is -0.497 e. The zero-order chi connectivity index (χ0) is 20.9. The second kappa shape index (κ2) is 9.28. The third-order valence-electron chi connectivity index (χ3n) is 5.02. The first kappa shape index (κ1) is 21.1. The van der Waals surface area contributed by atoms with E-state index in [1.54, 1.807) is 55.6 Å². The number of nitrogens with zero attached hydrogens (tertiary/aromatic N) is 1. The average molecular weight is 419 g/mol. The number of methoxy groups -OCH3 is 2. The highest BCUT2D eigenvalue weighted by molar-refractivity contribution is 7.89. The number of carbonyl (C=O) groups is 1. The summed E-state index contributed by atoms with van der Waals surface area (Å²) >= 11 is 0. The van der Waals surface area contributed by atoms with Crippen LogP contribution in [-0.4, -0.2) is 45.4 Å². The second-order valence-corrected chi connectivity index (χ2v) is 8.79. The van der Waals surface area contributed by atoms with Crippen LogP contribution in [0.5, 0.6) is 11.5 Å². The van der Waals surface area contributed by atoms with E-state index in [4.69, 9.17) is 9.47 Å². The molecule has 2 aromatic rings. The van der Waals surface area contributed by atoms with E-state index in [2.05, 4.69) is 5.32 Å². The number of piperidine rings is 1. The number of hydrogen-bond acceptors (Lipinski definition) is 5. The summed E-state index contributed by atoms with van der Waals surface area (Å²) < 4.78 is 38.1. The summed E-state index contributed by atoms with van der Waals surface area (Å²) in [5.41, 5.74) is 0.491. The summed E-state index contributed by atoms with van der Waals surface area (Å²) in [6.45, 7) is 0.414.